The number of hydrogen-bond donors (Lipinski definition) is 0. The standard InChI is InChI=1S/C35H36NS.C19H26NSi.Ir/c1-34(2,3)25-18-24(19-26(21-25)35(4,5)6)23-14-15-28-29-12-9-13-30(33(29)37-31(28)20-23)32-27-11-8-7-10-22(27)16-17-36-32;1-19(2,3)13-16-12-17(15-10-8-7-9-11-15)20-14-18(16)21(4,5)6;/h9,12,14-21H,7-8,10-11H2,1-6H3;7-10,12,14H,13H2,1-6H3;/q2*-1;. The maximum Gasteiger partial charge on any atom is 0.0798 e. The van der Waals surface area contributed by atoms with Crippen LogP contribution in [0, 0.1) is 17.5 Å². The Morgan fingerprint density at radius 3 is 2.05 bits per heavy atom. The van der Waals surface area contributed by atoms with Crippen LogP contribution in [0.5, 0.6) is 0 Å². The Hall–Kier alpha value is -3.73. The molecule has 3 heterocycles. The van der Waals surface area contributed by atoms with E-state index in [-0.39, 0.29) is 36.4 Å². The van der Waals surface area contributed by atoms with Gasteiger partial charge in [-0.15, -0.1) is 59.7 Å². The van der Waals surface area contributed by atoms with Crippen molar-refractivity contribution in [1.29, 1.82) is 0 Å². The zero-order valence-electron chi connectivity index (χ0n) is 37.4. The van der Waals surface area contributed by atoms with Crippen LogP contribution in [0.15, 0.2) is 97.3 Å². The molecule has 0 fully saturated rings. The molecular formula is C54H62IrN2SSi-2. The number of aromatic nitrogens is 2. The van der Waals surface area contributed by atoms with Crippen LogP contribution in [0.1, 0.15) is 103 Å². The maximum atomic E-state index is 4.89. The molecule has 0 bridgehead atoms. The van der Waals surface area contributed by atoms with Gasteiger partial charge in [0.2, 0.25) is 0 Å². The summed E-state index contributed by atoms with van der Waals surface area (Å²) in [6, 6.07) is 38.0. The minimum absolute atomic E-state index is 0. The van der Waals surface area contributed by atoms with Crippen LogP contribution >= 0.6 is 11.3 Å². The smallest absolute Gasteiger partial charge is 0.0798 e. The second-order valence-electron chi connectivity index (χ2n) is 20.7. The van der Waals surface area contributed by atoms with Crippen LogP contribution in [0.2, 0.25) is 19.6 Å². The molecule has 0 spiro atoms. The molecule has 309 valence electrons. The third-order valence-electron chi connectivity index (χ3n) is 11.4. The Labute approximate surface area is 373 Å². The topological polar surface area (TPSA) is 25.8 Å². The van der Waals surface area contributed by atoms with E-state index in [1.807, 2.05) is 35.7 Å². The van der Waals surface area contributed by atoms with Gasteiger partial charge in [-0.1, -0.05) is 140 Å². The first-order chi connectivity index (χ1) is 27.3. The average Bonchev–Trinajstić information content (AvgIpc) is 3.55. The number of benzene rings is 4. The van der Waals surface area contributed by atoms with Crippen molar-refractivity contribution in [1.82, 2.24) is 9.97 Å². The van der Waals surface area contributed by atoms with E-state index in [9.17, 15) is 0 Å². The summed E-state index contributed by atoms with van der Waals surface area (Å²) in [4.78, 5) is 9.60. The number of rotatable bonds is 5. The average molecular weight is 991 g/mol. The molecule has 1 radical (unpaired) electrons. The van der Waals surface area contributed by atoms with Crippen LogP contribution in [0.25, 0.3) is 53.8 Å². The van der Waals surface area contributed by atoms with Crippen LogP contribution in [-0.2, 0) is 50.2 Å². The van der Waals surface area contributed by atoms with Crippen molar-refractivity contribution in [2.45, 2.75) is 125 Å². The van der Waals surface area contributed by atoms with E-state index in [0.29, 0.717) is 0 Å². The fraction of sp³-hybridized carbons (Fsp3) is 0.370. The van der Waals surface area contributed by atoms with Gasteiger partial charge in [-0.05, 0) is 109 Å². The van der Waals surface area contributed by atoms with E-state index >= 15 is 0 Å². The fourth-order valence-corrected chi connectivity index (χ4v) is 11.0. The fourth-order valence-electron chi connectivity index (χ4n) is 8.23. The van der Waals surface area contributed by atoms with Crippen LogP contribution < -0.4 is 5.19 Å². The first-order valence-corrected chi connectivity index (χ1v) is 25.5. The molecule has 8 rings (SSSR count). The minimum atomic E-state index is -1.37. The summed E-state index contributed by atoms with van der Waals surface area (Å²) >= 11 is 1.89. The largest absolute Gasteiger partial charge is 0.305 e. The van der Waals surface area contributed by atoms with Gasteiger partial charge < -0.3 is 9.97 Å². The molecular weight excluding hydrogens is 929 g/mol. The monoisotopic (exact) mass is 991 g/mol. The Bertz CT molecular complexity index is 2540. The van der Waals surface area contributed by atoms with Gasteiger partial charge in [-0.25, -0.2) is 0 Å². The van der Waals surface area contributed by atoms with E-state index in [1.165, 1.54) is 89.1 Å². The van der Waals surface area contributed by atoms with Gasteiger partial charge in [0.1, 0.15) is 0 Å². The van der Waals surface area contributed by atoms with E-state index in [2.05, 4.69) is 167 Å². The van der Waals surface area contributed by atoms with Gasteiger partial charge in [0.15, 0.2) is 0 Å². The summed E-state index contributed by atoms with van der Waals surface area (Å²) in [5, 5.41) is 4.12. The van der Waals surface area contributed by atoms with Gasteiger partial charge in [0.05, 0.1) is 8.07 Å². The Morgan fingerprint density at radius 1 is 0.695 bits per heavy atom. The van der Waals surface area contributed by atoms with E-state index in [4.69, 9.17) is 9.97 Å². The van der Waals surface area contributed by atoms with Crippen molar-refractivity contribution in [3.05, 3.63) is 137 Å². The molecule has 1 aliphatic rings. The Morgan fingerprint density at radius 2 is 1.41 bits per heavy atom. The summed E-state index contributed by atoms with van der Waals surface area (Å²) in [5.74, 6) is 0. The maximum absolute atomic E-state index is 4.89. The summed E-state index contributed by atoms with van der Waals surface area (Å²) in [5.41, 5.74) is 14.7. The summed E-state index contributed by atoms with van der Waals surface area (Å²) in [6.45, 7) is 27.9. The predicted molar refractivity (Wildman–Crippen MR) is 256 cm³/mol. The van der Waals surface area contributed by atoms with E-state index < -0.39 is 8.07 Å². The van der Waals surface area contributed by atoms with Gasteiger partial charge >= 0.3 is 0 Å². The van der Waals surface area contributed by atoms with Crippen molar-refractivity contribution in [3.8, 4) is 33.6 Å². The third kappa shape index (κ3) is 10.2. The molecule has 0 saturated heterocycles. The van der Waals surface area contributed by atoms with E-state index in [1.54, 1.807) is 0 Å². The number of nitrogens with zero attached hydrogens (tertiary/aromatic N) is 2. The molecule has 0 aliphatic heterocycles. The molecule has 0 N–H and O–H groups in total. The number of aryl methyl sites for hydroxylation is 1. The van der Waals surface area contributed by atoms with Gasteiger partial charge in [0, 0.05) is 37.2 Å². The first kappa shape index (κ1) is 44.8. The second kappa shape index (κ2) is 17.3. The summed E-state index contributed by atoms with van der Waals surface area (Å²) in [7, 11) is -1.37. The number of fused-ring (bicyclic) bond motifs is 4. The normalized spacial score (nSPS) is 13.4. The van der Waals surface area contributed by atoms with Gasteiger partial charge in [0.25, 0.3) is 0 Å². The summed E-state index contributed by atoms with van der Waals surface area (Å²) < 4.78 is 2.64. The van der Waals surface area contributed by atoms with Crippen LogP contribution in [-0.4, -0.2) is 18.0 Å². The van der Waals surface area contributed by atoms with Crippen LogP contribution in [0.3, 0.4) is 0 Å². The number of thiophene rings is 1. The minimum Gasteiger partial charge on any atom is -0.305 e. The Kier molecular flexibility index (Phi) is 13.2. The molecule has 0 amide bonds. The van der Waals surface area contributed by atoms with Crippen molar-refractivity contribution >= 4 is 44.8 Å². The SMILES string of the molecule is CC(C)(C)Cc1cc(-c2[c-]cccc2)ncc1[Si](C)(C)C.CC(C)(C)c1cc(-c2ccc3c(c2)sc2c(-c4nccc5c4CCCC5)[c-]ccc23)cc(C(C)(C)C)c1.[Ir]. The van der Waals surface area contributed by atoms with Crippen molar-refractivity contribution in [2.75, 3.05) is 0 Å². The third-order valence-corrected chi connectivity index (χ3v) is 14.7. The Balaban J connectivity index is 0.000000227. The quantitative estimate of drug-likeness (QED) is 0.127. The zero-order valence-corrected chi connectivity index (χ0v) is 41.6. The summed E-state index contributed by atoms with van der Waals surface area (Å²) in [6.07, 6.45) is 10.0. The molecule has 2 nitrogen and oxygen atoms in total. The van der Waals surface area contributed by atoms with E-state index in [0.717, 1.165) is 29.8 Å². The van der Waals surface area contributed by atoms with Crippen LogP contribution in [0.4, 0.5) is 0 Å². The first-order valence-electron chi connectivity index (χ1n) is 21.2. The van der Waals surface area contributed by atoms with Gasteiger partial charge in [-0.2, -0.15) is 11.3 Å². The molecule has 4 aromatic carbocycles. The number of pyridine rings is 2. The zero-order chi connectivity index (χ0) is 41.6. The predicted octanol–water partition coefficient (Wildman–Crippen LogP) is 14.7. The second-order valence-corrected chi connectivity index (χ2v) is 26.8. The molecule has 0 saturated carbocycles. The van der Waals surface area contributed by atoms with Crippen molar-refractivity contribution in [3.63, 3.8) is 0 Å². The molecule has 7 aromatic rings. The van der Waals surface area contributed by atoms with Gasteiger partial charge in [-0.3, -0.25) is 0 Å². The molecule has 1 aliphatic carbocycles. The van der Waals surface area contributed by atoms with Crippen molar-refractivity contribution < 1.29 is 20.1 Å². The molecule has 3 aromatic heterocycles. The van der Waals surface area contributed by atoms with Crippen molar-refractivity contribution in [2.24, 2.45) is 5.41 Å². The molecule has 0 atom stereocenters. The number of hydrogen-bond acceptors (Lipinski definition) is 3. The molecule has 5 heteroatoms. The molecule has 59 heavy (non-hydrogen) atoms. The molecule has 0 unspecified atom stereocenters.